The van der Waals surface area contributed by atoms with E-state index in [-0.39, 0.29) is 11.7 Å². The van der Waals surface area contributed by atoms with Crippen molar-refractivity contribution in [3.05, 3.63) is 52.9 Å². The van der Waals surface area contributed by atoms with Crippen molar-refractivity contribution in [2.24, 2.45) is 0 Å². The van der Waals surface area contributed by atoms with E-state index in [9.17, 15) is 4.79 Å². The van der Waals surface area contributed by atoms with Crippen LogP contribution in [-0.4, -0.2) is 28.1 Å². The van der Waals surface area contributed by atoms with Crippen LogP contribution in [0.3, 0.4) is 0 Å². The normalized spacial score (nSPS) is 11.9. The Morgan fingerprint density at radius 2 is 2.00 bits per heavy atom. The van der Waals surface area contributed by atoms with Crippen LogP contribution in [0, 0.1) is 0 Å². The van der Waals surface area contributed by atoms with Crippen molar-refractivity contribution in [1.82, 2.24) is 9.97 Å². The minimum absolute atomic E-state index is 0.00585. The molecule has 6 heteroatoms. The van der Waals surface area contributed by atoms with Gasteiger partial charge in [0.1, 0.15) is 5.82 Å². The van der Waals surface area contributed by atoms with Gasteiger partial charge in [-0.2, -0.15) is 0 Å². The molecule has 0 aliphatic carbocycles. The average molecular weight is 292 g/mol. The van der Waals surface area contributed by atoms with E-state index in [2.05, 4.69) is 9.97 Å². The van der Waals surface area contributed by atoms with Crippen LogP contribution in [0.15, 0.2) is 36.7 Å². The fourth-order valence-electron chi connectivity index (χ4n) is 1.83. The summed E-state index contributed by atoms with van der Waals surface area (Å²) in [6.07, 6.45) is 2.68. The lowest BCUT2D eigenvalue weighted by Crippen LogP contribution is -2.23. The quantitative estimate of drug-likeness (QED) is 0.938. The van der Waals surface area contributed by atoms with Crippen molar-refractivity contribution >= 4 is 23.4 Å². The molecule has 104 valence electrons. The van der Waals surface area contributed by atoms with Gasteiger partial charge in [0.2, 0.25) is 0 Å². The molecule has 0 aliphatic heterocycles. The Morgan fingerprint density at radius 1 is 1.30 bits per heavy atom. The zero-order valence-corrected chi connectivity index (χ0v) is 11.9. The van der Waals surface area contributed by atoms with Crippen molar-refractivity contribution in [3.63, 3.8) is 0 Å². The van der Waals surface area contributed by atoms with E-state index in [0.717, 1.165) is 5.56 Å². The number of rotatable bonds is 4. The lowest BCUT2D eigenvalue weighted by molar-refractivity contribution is 0.0690. The summed E-state index contributed by atoms with van der Waals surface area (Å²) in [7, 11) is 1.86. The fraction of sp³-hybridized carbons (Fsp3) is 0.214. The second kappa shape index (κ2) is 5.88. The second-order valence-corrected chi connectivity index (χ2v) is 4.78. The average Bonchev–Trinajstić information content (AvgIpc) is 2.46. The van der Waals surface area contributed by atoms with Gasteiger partial charge >= 0.3 is 5.97 Å². The summed E-state index contributed by atoms with van der Waals surface area (Å²) < 4.78 is 0. The maximum atomic E-state index is 10.7. The maximum Gasteiger partial charge on any atom is 0.356 e. The smallest absolute Gasteiger partial charge is 0.356 e. The third-order valence-electron chi connectivity index (χ3n) is 3.15. The molecule has 1 atom stereocenters. The van der Waals surface area contributed by atoms with Crippen LogP contribution in [0.5, 0.6) is 0 Å². The molecule has 0 amide bonds. The Labute approximate surface area is 121 Å². The SMILES string of the molecule is CC(c1ccccc1Cl)N(C)c1cnc(C(=O)O)cn1. The number of carboxylic acids is 1. The van der Waals surface area contributed by atoms with E-state index in [1.54, 1.807) is 0 Å². The Morgan fingerprint density at radius 3 is 2.55 bits per heavy atom. The third-order valence-corrected chi connectivity index (χ3v) is 3.50. The van der Waals surface area contributed by atoms with Gasteiger partial charge in [0, 0.05) is 12.1 Å². The molecule has 0 fully saturated rings. The monoisotopic (exact) mass is 291 g/mol. The predicted molar refractivity (Wildman–Crippen MR) is 77.3 cm³/mol. The van der Waals surface area contributed by atoms with E-state index in [0.29, 0.717) is 10.8 Å². The Hall–Kier alpha value is -2.14. The highest BCUT2D eigenvalue weighted by molar-refractivity contribution is 6.31. The van der Waals surface area contributed by atoms with E-state index >= 15 is 0 Å². The maximum absolute atomic E-state index is 10.7. The number of hydrogen-bond acceptors (Lipinski definition) is 4. The highest BCUT2D eigenvalue weighted by Crippen LogP contribution is 2.28. The molecule has 1 unspecified atom stereocenters. The van der Waals surface area contributed by atoms with Crippen molar-refractivity contribution in [1.29, 1.82) is 0 Å². The molecule has 2 aromatic rings. The van der Waals surface area contributed by atoms with Gasteiger partial charge in [0.25, 0.3) is 0 Å². The minimum atomic E-state index is -1.09. The molecule has 1 N–H and O–H groups in total. The van der Waals surface area contributed by atoms with Crippen molar-refractivity contribution in [3.8, 4) is 0 Å². The summed E-state index contributed by atoms with van der Waals surface area (Å²) in [5, 5.41) is 9.49. The van der Waals surface area contributed by atoms with Gasteiger partial charge in [-0.15, -0.1) is 0 Å². The number of aromatic nitrogens is 2. The van der Waals surface area contributed by atoms with Gasteiger partial charge in [-0.1, -0.05) is 29.8 Å². The van der Waals surface area contributed by atoms with Gasteiger partial charge < -0.3 is 10.0 Å². The van der Waals surface area contributed by atoms with Crippen molar-refractivity contribution in [2.45, 2.75) is 13.0 Å². The first-order chi connectivity index (χ1) is 9.50. The first-order valence-electron chi connectivity index (χ1n) is 6.03. The molecule has 2 rings (SSSR count). The molecular formula is C14H14ClN3O2. The van der Waals surface area contributed by atoms with Crippen LogP contribution in [0.2, 0.25) is 5.02 Å². The van der Waals surface area contributed by atoms with Gasteiger partial charge in [-0.3, -0.25) is 0 Å². The lowest BCUT2D eigenvalue weighted by Gasteiger charge is -2.26. The largest absolute Gasteiger partial charge is 0.476 e. The molecule has 0 bridgehead atoms. The zero-order chi connectivity index (χ0) is 14.7. The fourth-order valence-corrected chi connectivity index (χ4v) is 2.13. The number of carbonyl (C=O) groups is 1. The first kappa shape index (κ1) is 14.3. The van der Waals surface area contributed by atoms with Crippen LogP contribution >= 0.6 is 11.6 Å². The van der Waals surface area contributed by atoms with Gasteiger partial charge in [0.05, 0.1) is 18.4 Å². The second-order valence-electron chi connectivity index (χ2n) is 4.37. The molecule has 0 aliphatic rings. The van der Waals surface area contributed by atoms with E-state index < -0.39 is 5.97 Å². The van der Waals surface area contributed by atoms with Gasteiger partial charge in [-0.25, -0.2) is 14.8 Å². The Bertz CT molecular complexity index is 616. The summed E-state index contributed by atoms with van der Waals surface area (Å²) in [6, 6.07) is 7.57. The summed E-state index contributed by atoms with van der Waals surface area (Å²) in [5.74, 6) is -0.506. The summed E-state index contributed by atoms with van der Waals surface area (Å²) in [4.78, 5) is 20.6. The third kappa shape index (κ3) is 2.88. The van der Waals surface area contributed by atoms with Crippen LogP contribution in [0.4, 0.5) is 5.82 Å². The number of anilines is 1. The molecule has 0 spiro atoms. The summed E-state index contributed by atoms with van der Waals surface area (Å²) in [5.41, 5.74) is 0.897. The molecule has 0 saturated carbocycles. The van der Waals surface area contributed by atoms with Crippen LogP contribution < -0.4 is 4.90 Å². The summed E-state index contributed by atoms with van der Waals surface area (Å²) in [6.45, 7) is 1.99. The molecule has 1 aromatic heterocycles. The molecule has 0 saturated heterocycles. The van der Waals surface area contributed by atoms with Crippen molar-refractivity contribution in [2.75, 3.05) is 11.9 Å². The number of carboxylic acid groups (broad SMARTS) is 1. The van der Waals surface area contributed by atoms with E-state index in [4.69, 9.17) is 16.7 Å². The van der Waals surface area contributed by atoms with Gasteiger partial charge in [-0.05, 0) is 18.6 Å². The molecule has 20 heavy (non-hydrogen) atoms. The molecule has 1 aromatic carbocycles. The van der Waals surface area contributed by atoms with Crippen LogP contribution in [0.25, 0.3) is 0 Å². The van der Waals surface area contributed by atoms with Crippen LogP contribution in [0.1, 0.15) is 29.0 Å². The van der Waals surface area contributed by atoms with Gasteiger partial charge in [0.15, 0.2) is 5.69 Å². The minimum Gasteiger partial charge on any atom is -0.476 e. The Balaban J connectivity index is 2.24. The molecular weight excluding hydrogens is 278 g/mol. The van der Waals surface area contributed by atoms with E-state index in [1.807, 2.05) is 43.1 Å². The number of halogens is 1. The first-order valence-corrected chi connectivity index (χ1v) is 6.41. The highest BCUT2D eigenvalue weighted by atomic mass is 35.5. The molecule has 0 radical (unpaired) electrons. The lowest BCUT2D eigenvalue weighted by atomic mass is 10.1. The van der Waals surface area contributed by atoms with Crippen molar-refractivity contribution < 1.29 is 9.90 Å². The predicted octanol–water partition coefficient (Wildman–Crippen LogP) is 3.03. The number of aromatic carboxylic acids is 1. The summed E-state index contributed by atoms with van der Waals surface area (Å²) >= 11 is 6.18. The number of nitrogens with zero attached hydrogens (tertiary/aromatic N) is 3. The standard InChI is InChI=1S/C14H14ClN3O2/c1-9(10-5-3-4-6-11(10)15)18(2)13-8-16-12(7-17-13)14(19)20/h3-9H,1-2H3,(H,19,20). The Kier molecular flexibility index (Phi) is 4.20. The zero-order valence-electron chi connectivity index (χ0n) is 11.1. The highest BCUT2D eigenvalue weighted by Gasteiger charge is 2.16. The van der Waals surface area contributed by atoms with Crippen LogP contribution in [-0.2, 0) is 0 Å². The molecule has 5 nitrogen and oxygen atoms in total. The van der Waals surface area contributed by atoms with E-state index in [1.165, 1.54) is 12.4 Å². The number of hydrogen-bond donors (Lipinski definition) is 1. The topological polar surface area (TPSA) is 66.3 Å². The number of benzene rings is 1. The molecule has 1 heterocycles.